The zero-order valence-electron chi connectivity index (χ0n) is 18.1. The van der Waals surface area contributed by atoms with Crippen LogP contribution in [0.4, 0.5) is 5.13 Å². The summed E-state index contributed by atoms with van der Waals surface area (Å²) >= 11 is 1.56. The summed E-state index contributed by atoms with van der Waals surface area (Å²) in [6, 6.07) is 21.7. The molecule has 7 heteroatoms. The predicted octanol–water partition coefficient (Wildman–Crippen LogP) is 5.91. The predicted molar refractivity (Wildman–Crippen MR) is 131 cm³/mol. The Morgan fingerprint density at radius 3 is 2.56 bits per heavy atom. The number of methoxy groups -OCH3 is 1. The molecule has 6 nitrogen and oxygen atoms in total. The number of ether oxygens (including phenoxy) is 3. The van der Waals surface area contributed by atoms with Gasteiger partial charge in [0.2, 0.25) is 5.13 Å². The van der Waals surface area contributed by atoms with Crippen LogP contribution in [0.3, 0.4) is 0 Å². The maximum Gasteiger partial charge on any atom is 0.204 e. The van der Waals surface area contributed by atoms with E-state index in [9.17, 15) is 0 Å². The summed E-state index contributed by atoms with van der Waals surface area (Å²) in [4.78, 5) is 4.52. The number of aromatic nitrogens is 1. The van der Waals surface area contributed by atoms with Gasteiger partial charge in [-0.25, -0.2) is 4.98 Å². The molecule has 0 fully saturated rings. The third-order valence-electron chi connectivity index (χ3n) is 4.71. The van der Waals surface area contributed by atoms with Crippen molar-refractivity contribution in [3.05, 3.63) is 77.9 Å². The summed E-state index contributed by atoms with van der Waals surface area (Å²) in [7, 11) is 1.64. The number of nitrogens with one attached hydrogen (secondary N) is 1. The van der Waals surface area contributed by atoms with Gasteiger partial charge in [0.25, 0.3) is 0 Å². The number of aryl methyl sites for hydroxylation is 1. The molecule has 0 spiro atoms. The zero-order valence-corrected chi connectivity index (χ0v) is 18.9. The Bertz CT molecular complexity index is 1160. The van der Waals surface area contributed by atoms with E-state index in [0.29, 0.717) is 13.2 Å². The van der Waals surface area contributed by atoms with E-state index in [1.54, 1.807) is 24.7 Å². The molecule has 164 valence electrons. The number of anilines is 1. The molecule has 1 heterocycles. The molecule has 0 aliphatic carbocycles. The molecule has 0 unspecified atom stereocenters. The third kappa shape index (κ3) is 5.76. The Labute approximate surface area is 191 Å². The molecule has 0 aliphatic rings. The number of hydrogen-bond acceptors (Lipinski definition) is 7. The van der Waals surface area contributed by atoms with E-state index in [-0.39, 0.29) is 0 Å². The van der Waals surface area contributed by atoms with Crippen LogP contribution in [0.5, 0.6) is 17.2 Å². The average molecular weight is 448 g/mol. The van der Waals surface area contributed by atoms with Crippen LogP contribution in [-0.4, -0.2) is 31.5 Å². The number of fused-ring (bicyclic) bond motifs is 1. The highest BCUT2D eigenvalue weighted by Gasteiger charge is 2.06. The molecule has 3 aromatic carbocycles. The van der Waals surface area contributed by atoms with Gasteiger partial charge in [-0.05, 0) is 49.4 Å². The van der Waals surface area contributed by atoms with Gasteiger partial charge < -0.3 is 14.2 Å². The lowest BCUT2D eigenvalue weighted by molar-refractivity contribution is 0.247. The number of para-hydroxylation sites is 1. The van der Waals surface area contributed by atoms with Crippen molar-refractivity contribution in [1.29, 1.82) is 0 Å². The zero-order chi connectivity index (χ0) is 22.2. The van der Waals surface area contributed by atoms with Crippen LogP contribution in [-0.2, 0) is 0 Å². The van der Waals surface area contributed by atoms with Crippen molar-refractivity contribution in [2.24, 2.45) is 5.10 Å². The van der Waals surface area contributed by atoms with Gasteiger partial charge in [-0.15, -0.1) is 0 Å². The van der Waals surface area contributed by atoms with Gasteiger partial charge in [0.1, 0.15) is 17.2 Å². The fourth-order valence-electron chi connectivity index (χ4n) is 3.03. The topological polar surface area (TPSA) is 65.0 Å². The molecule has 0 atom stereocenters. The lowest BCUT2D eigenvalue weighted by atomic mass is 10.2. The van der Waals surface area contributed by atoms with Crippen molar-refractivity contribution in [3.8, 4) is 17.2 Å². The Morgan fingerprint density at radius 1 is 0.969 bits per heavy atom. The van der Waals surface area contributed by atoms with Crippen LogP contribution >= 0.6 is 11.3 Å². The molecule has 0 radical (unpaired) electrons. The summed E-state index contributed by atoms with van der Waals surface area (Å²) in [6.45, 7) is 3.17. The van der Waals surface area contributed by atoms with Crippen LogP contribution in [0.15, 0.2) is 71.8 Å². The summed E-state index contributed by atoms with van der Waals surface area (Å²) in [6.07, 6.45) is 2.48. The standard InChI is InChI=1S/C25H25N3O3S/c1-18-8-10-20(11-9-18)30-14-5-15-31-23-13-12-21(29-2)16-19(23)17-26-28-25-27-22-6-3-4-7-24(22)32-25/h3-4,6-13,16-17H,5,14-15H2,1-2H3,(H,27,28). The molecular formula is C25H25N3O3S. The van der Waals surface area contributed by atoms with E-state index in [1.165, 1.54) is 5.56 Å². The van der Waals surface area contributed by atoms with Gasteiger partial charge in [0.15, 0.2) is 0 Å². The highest BCUT2D eigenvalue weighted by molar-refractivity contribution is 7.22. The fourth-order valence-corrected chi connectivity index (χ4v) is 3.84. The summed E-state index contributed by atoms with van der Waals surface area (Å²) in [5, 5.41) is 5.08. The highest BCUT2D eigenvalue weighted by Crippen LogP contribution is 2.26. The molecule has 0 amide bonds. The number of benzene rings is 3. The lowest BCUT2D eigenvalue weighted by Gasteiger charge is -2.11. The van der Waals surface area contributed by atoms with Gasteiger partial charge >= 0.3 is 0 Å². The Hall–Kier alpha value is -3.58. The van der Waals surface area contributed by atoms with Gasteiger partial charge in [0, 0.05) is 12.0 Å². The lowest BCUT2D eigenvalue weighted by Crippen LogP contribution is -2.06. The molecule has 0 aliphatic heterocycles. The van der Waals surface area contributed by atoms with Gasteiger partial charge in [-0.3, -0.25) is 5.43 Å². The molecule has 32 heavy (non-hydrogen) atoms. The molecule has 0 saturated carbocycles. The number of nitrogens with zero attached hydrogens (tertiary/aromatic N) is 2. The van der Waals surface area contributed by atoms with Gasteiger partial charge in [0.05, 0.1) is 36.8 Å². The van der Waals surface area contributed by atoms with Crippen molar-refractivity contribution in [3.63, 3.8) is 0 Å². The second kappa shape index (κ2) is 10.6. The molecular weight excluding hydrogens is 422 g/mol. The minimum atomic E-state index is 0.532. The number of hydrogen-bond donors (Lipinski definition) is 1. The second-order valence-electron chi connectivity index (χ2n) is 7.12. The van der Waals surface area contributed by atoms with E-state index >= 15 is 0 Å². The SMILES string of the molecule is COc1ccc(OCCCOc2ccc(C)cc2)c(C=NNc2nc3ccccc3s2)c1. The first-order valence-corrected chi connectivity index (χ1v) is 11.2. The van der Waals surface area contributed by atoms with Gasteiger partial charge in [-0.2, -0.15) is 5.10 Å². The van der Waals surface area contributed by atoms with Crippen molar-refractivity contribution in [2.75, 3.05) is 25.7 Å². The monoisotopic (exact) mass is 447 g/mol. The molecule has 4 rings (SSSR count). The Balaban J connectivity index is 1.33. The van der Waals surface area contributed by atoms with E-state index in [2.05, 4.69) is 22.4 Å². The number of rotatable bonds is 10. The van der Waals surface area contributed by atoms with Crippen LogP contribution in [0.25, 0.3) is 10.2 Å². The van der Waals surface area contributed by atoms with Crippen LogP contribution in [0, 0.1) is 6.92 Å². The summed E-state index contributed by atoms with van der Waals surface area (Å²) < 4.78 is 18.2. The molecule has 0 saturated heterocycles. The summed E-state index contributed by atoms with van der Waals surface area (Å²) in [5.41, 5.74) is 5.99. The smallest absolute Gasteiger partial charge is 0.204 e. The normalized spacial score (nSPS) is 11.1. The van der Waals surface area contributed by atoms with Crippen molar-refractivity contribution >= 4 is 32.9 Å². The van der Waals surface area contributed by atoms with Crippen molar-refractivity contribution < 1.29 is 14.2 Å². The van der Waals surface area contributed by atoms with E-state index < -0.39 is 0 Å². The number of hydrazone groups is 1. The van der Waals surface area contributed by atoms with Crippen LogP contribution in [0.1, 0.15) is 17.5 Å². The third-order valence-corrected chi connectivity index (χ3v) is 5.65. The summed E-state index contributed by atoms with van der Waals surface area (Å²) in [5.74, 6) is 2.34. The fraction of sp³-hybridized carbons (Fsp3) is 0.200. The molecule has 1 N–H and O–H groups in total. The molecule has 0 bridgehead atoms. The Morgan fingerprint density at radius 2 is 1.75 bits per heavy atom. The van der Waals surface area contributed by atoms with Crippen LogP contribution in [0.2, 0.25) is 0 Å². The average Bonchev–Trinajstić information content (AvgIpc) is 3.23. The quantitative estimate of drug-likeness (QED) is 0.186. The largest absolute Gasteiger partial charge is 0.497 e. The van der Waals surface area contributed by atoms with Crippen molar-refractivity contribution in [2.45, 2.75) is 13.3 Å². The van der Waals surface area contributed by atoms with Crippen molar-refractivity contribution in [1.82, 2.24) is 4.98 Å². The first-order chi connectivity index (χ1) is 15.7. The highest BCUT2D eigenvalue weighted by atomic mass is 32.1. The maximum atomic E-state index is 5.98. The van der Waals surface area contributed by atoms with Gasteiger partial charge in [-0.1, -0.05) is 41.2 Å². The Kier molecular flexibility index (Phi) is 7.19. The van der Waals surface area contributed by atoms with Crippen LogP contribution < -0.4 is 19.6 Å². The molecule has 4 aromatic rings. The van der Waals surface area contributed by atoms with E-state index in [0.717, 1.165) is 44.6 Å². The maximum absolute atomic E-state index is 5.98. The first-order valence-electron chi connectivity index (χ1n) is 10.4. The minimum absolute atomic E-state index is 0.532. The second-order valence-corrected chi connectivity index (χ2v) is 8.15. The number of thiazole rings is 1. The van der Waals surface area contributed by atoms with E-state index in [1.807, 2.05) is 66.7 Å². The molecule has 1 aromatic heterocycles. The minimum Gasteiger partial charge on any atom is -0.497 e. The first kappa shape index (κ1) is 21.6. The van der Waals surface area contributed by atoms with E-state index in [4.69, 9.17) is 14.2 Å².